The second-order valence-corrected chi connectivity index (χ2v) is 8.02. The van der Waals surface area contributed by atoms with E-state index < -0.39 is 11.6 Å². The zero-order chi connectivity index (χ0) is 22.3. The summed E-state index contributed by atoms with van der Waals surface area (Å²) < 4.78 is 10.3. The van der Waals surface area contributed by atoms with Crippen molar-refractivity contribution in [2.75, 3.05) is 49.1 Å². The van der Waals surface area contributed by atoms with E-state index in [4.69, 9.17) is 15.2 Å². The summed E-state index contributed by atoms with van der Waals surface area (Å²) in [5.41, 5.74) is 6.56. The Bertz CT molecular complexity index is 737. The highest BCUT2D eigenvalue weighted by atomic mass is 16.6. The Morgan fingerprint density at radius 1 is 1.07 bits per heavy atom. The molecule has 0 bridgehead atoms. The molecule has 1 heterocycles. The number of anilines is 2. The molecule has 1 aromatic carbocycles. The van der Waals surface area contributed by atoms with E-state index in [0.29, 0.717) is 38.5 Å². The van der Waals surface area contributed by atoms with Gasteiger partial charge in [-0.05, 0) is 52.0 Å². The van der Waals surface area contributed by atoms with Crippen LogP contribution in [0.1, 0.15) is 34.1 Å². The molecule has 9 nitrogen and oxygen atoms in total. The van der Waals surface area contributed by atoms with Gasteiger partial charge < -0.3 is 25.0 Å². The van der Waals surface area contributed by atoms with Crippen molar-refractivity contribution in [2.24, 2.45) is 5.73 Å². The summed E-state index contributed by atoms with van der Waals surface area (Å²) in [7, 11) is 0. The molecule has 0 aliphatic carbocycles. The minimum Gasteiger partial charge on any atom is -0.466 e. The molecule has 3 amide bonds. The van der Waals surface area contributed by atoms with E-state index >= 15 is 0 Å². The van der Waals surface area contributed by atoms with Crippen molar-refractivity contribution < 1.29 is 23.9 Å². The van der Waals surface area contributed by atoms with E-state index in [0.717, 1.165) is 5.69 Å². The lowest BCUT2D eigenvalue weighted by Crippen LogP contribution is -2.50. The smallest absolute Gasteiger partial charge is 0.410 e. The Balaban J connectivity index is 1.94. The van der Waals surface area contributed by atoms with Gasteiger partial charge in [-0.2, -0.15) is 0 Å². The fourth-order valence-corrected chi connectivity index (χ4v) is 3.12. The van der Waals surface area contributed by atoms with Gasteiger partial charge in [0.15, 0.2) is 0 Å². The van der Waals surface area contributed by atoms with Gasteiger partial charge in [0.05, 0.1) is 13.0 Å². The third kappa shape index (κ3) is 6.82. The van der Waals surface area contributed by atoms with Crippen LogP contribution in [0.3, 0.4) is 0 Å². The molecule has 1 aliphatic heterocycles. The quantitative estimate of drug-likeness (QED) is 0.709. The molecule has 0 saturated carbocycles. The molecule has 0 radical (unpaired) electrons. The molecule has 0 unspecified atom stereocenters. The Morgan fingerprint density at radius 2 is 1.67 bits per heavy atom. The number of hydrogen-bond acceptors (Lipinski definition) is 6. The first-order valence-electron chi connectivity index (χ1n) is 10.2. The van der Waals surface area contributed by atoms with Crippen LogP contribution >= 0.6 is 0 Å². The third-order valence-electron chi connectivity index (χ3n) is 4.57. The third-order valence-corrected chi connectivity index (χ3v) is 4.57. The van der Waals surface area contributed by atoms with Crippen molar-refractivity contribution in [3.8, 4) is 0 Å². The minimum atomic E-state index is -0.627. The normalized spacial score (nSPS) is 14.3. The van der Waals surface area contributed by atoms with Crippen LogP contribution in [0.2, 0.25) is 0 Å². The molecule has 1 aliphatic rings. The molecule has 1 fully saturated rings. The molecule has 1 saturated heterocycles. The Kier molecular flexibility index (Phi) is 7.91. The lowest BCUT2D eigenvalue weighted by atomic mass is 10.2. The van der Waals surface area contributed by atoms with Gasteiger partial charge in [-0.15, -0.1) is 0 Å². The van der Waals surface area contributed by atoms with Gasteiger partial charge in [0.25, 0.3) is 0 Å². The Hall–Kier alpha value is -2.97. The number of carbonyl (C=O) groups excluding carboxylic acids is 3. The number of amides is 3. The van der Waals surface area contributed by atoms with Crippen molar-refractivity contribution in [1.82, 2.24) is 4.90 Å². The number of nitrogens with two attached hydrogens (primary N) is 1. The number of benzene rings is 1. The van der Waals surface area contributed by atoms with Gasteiger partial charge in [0.1, 0.15) is 5.60 Å². The molecule has 0 atom stereocenters. The SMILES string of the molecule is CCOC(=O)CCN(C(N)=O)c1ccc(N2CCN(C(=O)OC(C)(C)C)CC2)cc1. The number of carbonyl (C=O) groups is 3. The maximum absolute atomic E-state index is 12.2. The average molecular weight is 421 g/mol. The van der Waals surface area contributed by atoms with Crippen molar-refractivity contribution in [1.29, 1.82) is 0 Å². The van der Waals surface area contributed by atoms with E-state index in [-0.39, 0.29) is 25.0 Å². The number of piperazine rings is 1. The van der Waals surface area contributed by atoms with Gasteiger partial charge in [0, 0.05) is 44.1 Å². The highest BCUT2D eigenvalue weighted by Crippen LogP contribution is 2.23. The zero-order valence-corrected chi connectivity index (χ0v) is 18.2. The lowest BCUT2D eigenvalue weighted by molar-refractivity contribution is -0.142. The Morgan fingerprint density at radius 3 is 2.17 bits per heavy atom. The summed E-state index contributed by atoms with van der Waals surface area (Å²) in [6.45, 7) is 10.2. The van der Waals surface area contributed by atoms with Gasteiger partial charge in [-0.1, -0.05) is 0 Å². The second-order valence-electron chi connectivity index (χ2n) is 8.02. The maximum atomic E-state index is 12.2. The van der Waals surface area contributed by atoms with E-state index in [1.54, 1.807) is 24.0 Å². The van der Waals surface area contributed by atoms with Crippen LogP contribution in [0.4, 0.5) is 21.0 Å². The topological polar surface area (TPSA) is 105 Å². The molecule has 1 aromatic rings. The molecular weight excluding hydrogens is 388 g/mol. The Labute approximate surface area is 177 Å². The summed E-state index contributed by atoms with van der Waals surface area (Å²) in [5, 5.41) is 0. The number of esters is 1. The van der Waals surface area contributed by atoms with Gasteiger partial charge in [-0.25, -0.2) is 9.59 Å². The number of rotatable bonds is 6. The largest absolute Gasteiger partial charge is 0.466 e. The van der Waals surface area contributed by atoms with Gasteiger partial charge in [-0.3, -0.25) is 9.69 Å². The second kappa shape index (κ2) is 10.2. The highest BCUT2D eigenvalue weighted by molar-refractivity contribution is 5.91. The van der Waals surface area contributed by atoms with Crippen molar-refractivity contribution in [3.05, 3.63) is 24.3 Å². The van der Waals surface area contributed by atoms with E-state index in [1.807, 2.05) is 32.9 Å². The average Bonchev–Trinajstić information content (AvgIpc) is 2.67. The molecule has 2 rings (SSSR count). The predicted molar refractivity (Wildman–Crippen MR) is 115 cm³/mol. The molecule has 0 spiro atoms. The van der Waals surface area contributed by atoms with Crippen LogP contribution in [0.5, 0.6) is 0 Å². The molecule has 9 heteroatoms. The molecular formula is C21H32N4O5. The maximum Gasteiger partial charge on any atom is 0.410 e. The first kappa shape index (κ1) is 23.3. The van der Waals surface area contributed by atoms with Crippen molar-refractivity contribution in [2.45, 2.75) is 39.7 Å². The molecule has 0 aromatic heterocycles. The zero-order valence-electron chi connectivity index (χ0n) is 18.2. The van der Waals surface area contributed by atoms with Crippen LogP contribution in [0.25, 0.3) is 0 Å². The highest BCUT2D eigenvalue weighted by Gasteiger charge is 2.26. The monoisotopic (exact) mass is 420 g/mol. The van der Waals surface area contributed by atoms with Crippen molar-refractivity contribution >= 4 is 29.5 Å². The number of nitrogens with zero attached hydrogens (tertiary/aromatic N) is 3. The van der Waals surface area contributed by atoms with Gasteiger partial charge >= 0.3 is 18.1 Å². The first-order valence-corrected chi connectivity index (χ1v) is 10.2. The van der Waals surface area contributed by atoms with Gasteiger partial charge in [0.2, 0.25) is 0 Å². The molecule has 166 valence electrons. The van der Waals surface area contributed by atoms with Crippen LogP contribution in [0, 0.1) is 0 Å². The fourth-order valence-electron chi connectivity index (χ4n) is 3.12. The fraction of sp³-hybridized carbons (Fsp3) is 0.571. The molecule has 30 heavy (non-hydrogen) atoms. The van der Waals surface area contributed by atoms with Crippen LogP contribution in [-0.2, 0) is 14.3 Å². The summed E-state index contributed by atoms with van der Waals surface area (Å²) in [4.78, 5) is 40.8. The van der Waals surface area contributed by atoms with E-state index in [2.05, 4.69) is 4.90 Å². The van der Waals surface area contributed by atoms with Crippen LogP contribution < -0.4 is 15.5 Å². The summed E-state index contributed by atoms with van der Waals surface area (Å²) in [6.07, 6.45) is -0.221. The number of urea groups is 1. The standard InChI is InChI=1S/C21H32N4O5/c1-5-29-18(26)10-11-25(19(22)27)17-8-6-16(7-9-17)23-12-14-24(15-13-23)20(28)30-21(2,3)4/h6-9H,5,10-15H2,1-4H3,(H2,22,27). The summed E-state index contributed by atoms with van der Waals surface area (Å²) in [6, 6.07) is 6.77. The van der Waals surface area contributed by atoms with E-state index in [1.165, 1.54) is 4.90 Å². The van der Waals surface area contributed by atoms with Crippen LogP contribution in [0.15, 0.2) is 24.3 Å². The number of primary amides is 1. The summed E-state index contributed by atoms with van der Waals surface area (Å²) in [5.74, 6) is -0.372. The van der Waals surface area contributed by atoms with Crippen molar-refractivity contribution in [3.63, 3.8) is 0 Å². The van der Waals surface area contributed by atoms with Crippen LogP contribution in [-0.4, -0.2) is 67.9 Å². The summed E-state index contributed by atoms with van der Waals surface area (Å²) >= 11 is 0. The first-order chi connectivity index (χ1) is 14.1. The minimum absolute atomic E-state index is 0.0746. The number of ether oxygens (including phenoxy) is 2. The molecule has 2 N–H and O–H groups in total. The lowest BCUT2D eigenvalue weighted by Gasteiger charge is -2.36. The predicted octanol–water partition coefficient (Wildman–Crippen LogP) is 2.58. The van der Waals surface area contributed by atoms with E-state index in [9.17, 15) is 14.4 Å². The number of hydrogen-bond donors (Lipinski definition) is 1.